The summed E-state index contributed by atoms with van der Waals surface area (Å²) in [5.41, 5.74) is 1.12. The standard InChI is InChI=1S/C16H17FN2O2/c17-13-7-6-12(19-8-2-1-3-9-19)11-14(13)18-16(20)15-5-4-10-21-15/h4-7,10-11H,1-3,8-9H2,(H,18,20). The number of benzene rings is 1. The van der Waals surface area contributed by atoms with E-state index in [4.69, 9.17) is 4.42 Å². The molecular weight excluding hydrogens is 271 g/mol. The third kappa shape index (κ3) is 3.07. The maximum atomic E-state index is 13.9. The number of anilines is 2. The molecule has 1 aliphatic heterocycles. The van der Waals surface area contributed by atoms with Crippen molar-refractivity contribution in [1.82, 2.24) is 0 Å². The highest BCUT2D eigenvalue weighted by atomic mass is 19.1. The van der Waals surface area contributed by atoms with E-state index in [1.54, 1.807) is 24.3 Å². The number of rotatable bonds is 3. The molecule has 3 rings (SSSR count). The predicted octanol–water partition coefficient (Wildman–Crippen LogP) is 3.66. The van der Waals surface area contributed by atoms with E-state index in [1.165, 1.54) is 18.8 Å². The van der Waals surface area contributed by atoms with Crippen LogP contribution in [0.5, 0.6) is 0 Å². The zero-order valence-corrected chi connectivity index (χ0v) is 11.6. The average molecular weight is 288 g/mol. The van der Waals surface area contributed by atoms with Crippen LogP contribution in [0.1, 0.15) is 29.8 Å². The number of amides is 1. The highest BCUT2D eigenvalue weighted by molar-refractivity contribution is 6.02. The van der Waals surface area contributed by atoms with Crippen molar-refractivity contribution in [2.45, 2.75) is 19.3 Å². The molecule has 0 unspecified atom stereocenters. The molecule has 1 aromatic carbocycles. The van der Waals surface area contributed by atoms with Crippen molar-refractivity contribution in [2.24, 2.45) is 0 Å². The number of halogens is 1. The molecule has 1 N–H and O–H groups in total. The van der Waals surface area contributed by atoms with Crippen LogP contribution in [-0.2, 0) is 0 Å². The second-order valence-electron chi connectivity index (χ2n) is 5.14. The van der Waals surface area contributed by atoms with Crippen LogP contribution in [0.15, 0.2) is 41.0 Å². The molecule has 0 saturated carbocycles. The van der Waals surface area contributed by atoms with E-state index < -0.39 is 11.7 Å². The summed E-state index contributed by atoms with van der Waals surface area (Å²) >= 11 is 0. The van der Waals surface area contributed by atoms with E-state index in [-0.39, 0.29) is 11.4 Å². The number of hydrogen-bond acceptors (Lipinski definition) is 3. The van der Waals surface area contributed by atoms with Gasteiger partial charge in [-0.2, -0.15) is 0 Å². The summed E-state index contributed by atoms with van der Waals surface area (Å²) in [5.74, 6) is -0.733. The van der Waals surface area contributed by atoms with Gasteiger partial charge in [0.2, 0.25) is 0 Å². The fourth-order valence-electron chi connectivity index (χ4n) is 2.55. The van der Waals surface area contributed by atoms with Gasteiger partial charge in [0, 0.05) is 18.8 Å². The fourth-order valence-corrected chi connectivity index (χ4v) is 2.55. The highest BCUT2D eigenvalue weighted by Crippen LogP contribution is 2.25. The van der Waals surface area contributed by atoms with Crippen LogP contribution in [0.3, 0.4) is 0 Å². The van der Waals surface area contributed by atoms with Crippen molar-refractivity contribution in [2.75, 3.05) is 23.3 Å². The minimum absolute atomic E-state index is 0.165. The molecule has 0 atom stereocenters. The molecule has 1 saturated heterocycles. The lowest BCUT2D eigenvalue weighted by atomic mass is 10.1. The Kier molecular flexibility index (Phi) is 3.90. The third-order valence-electron chi connectivity index (χ3n) is 3.66. The van der Waals surface area contributed by atoms with Crippen molar-refractivity contribution in [3.8, 4) is 0 Å². The molecule has 0 spiro atoms. The van der Waals surface area contributed by atoms with Gasteiger partial charge in [-0.3, -0.25) is 4.79 Å². The minimum Gasteiger partial charge on any atom is -0.459 e. The molecule has 2 heterocycles. The van der Waals surface area contributed by atoms with Crippen molar-refractivity contribution >= 4 is 17.3 Å². The van der Waals surface area contributed by atoms with Gasteiger partial charge in [0.1, 0.15) is 5.82 Å². The Morgan fingerprint density at radius 1 is 1.19 bits per heavy atom. The Labute approximate surface area is 122 Å². The number of hydrogen-bond donors (Lipinski definition) is 1. The molecule has 21 heavy (non-hydrogen) atoms. The van der Waals surface area contributed by atoms with Crippen LogP contribution in [0, 0.1) is 5.82 Å². The molecule has 4 nitrogen and oxygen atoms in total. The molecule has 1 aromatic heterocycles. The molecular formula is C16H17FN2O2. The van der Waals surface area contributed by atoms with Gasteiger partial charge in [-0.05, 0) is 49.6 Å². The second kappa shape index (κ2) is 5.99. The van der Waals surface area contributed by atoms with Gasteiger partial charge in [0.05, 0.1) is 12.0 Å². The molecule has 0 bridgehead atoms. The first-order valence-electron chi connectivity index (χ1n) is 7.13. The van der Waals surface area contributed by atoms with Crippen LogP contribution in [0.25, 0.3) is 0 Å². The zero-order chi connectivity index (χ0) is 14.7. The van der Waals surface area contributed by atoms with E-state index in [9.17, 15) is 9.18 Å². The van der Waals surface area contributed by atoms with E-state index in [2.05, 4.69) is 10.2 Å². The number of furan rings is 1. The zero-order valence-electron chi connectivity index (χ0n) is 11.6. The molecule has 110 valence electrons. The molecule has 5 heteroatoms. The first-order chi connectivity index (χ1) is 10.2. The van der Waals surface area contributed by atoms with Crippen LogP contribution in [0.4, 0.5) is 15.8 Å². The smallest absolute Gasteiger partial charge is 0.291 e. The van der Waals surface area contributed by atoms with Crippen LogP contribution in [0.2, 0.25) is 0 Å². The number of nitrogens with zero attached hydrogens (tertiary/aromatic N) is 1. The molecule has 0 radical (unpaired) electrons. The van der Waals surface area contributed by atoms with Gasteiger partial charge in [-0.1, -0.05) is 0 Å². The van der Waals surface area contributed by atoms with Gasteiger partial charge in [0.25, 0.3) is 5.91 Å². The van der Waals surface area contributed by atoms with Crippen LogP contribution >= 0.6 is 0 Å². The van der Waals surface area contributed by atoms with Gasteiger partial charge in [0.15, 0.2) is 5.76 Å². The highest BCUT2D eigenvalue weighted by Gasteiger charge is 2.15. The molecule has 1 fully saturated rings. The number of piperidine rings is 1. The monoisotopic (exact) mass is 288 g/mol. The molecule has 2 aromatic rings. The fraction of sp³-hybridized carbons (Fsp3) is 0.312. The predicted molar refractivity (Wildman–Crippen MR) is 79.1 cm³/mol. The van der Waals surface area contributed by atoms with Crippen LogP contribution in [-0.4, -0.2) is 19.0 Å². The summed E-state index contributed by atoms with van der Waals surface area (Å²) in [6, 6.07) is 7.99. The Morgan fingerprint density at radius 3 is 2.71 bits per heavy atom. The summed E-state index contributed by atoms with van der Waals surface area (Å²) in [5, 5.41) is 2.56. The summed E-state index contributed by atoms with van der Waals surface area (Å²) < 4.78 is 18.9. The first kappa shape index (κ1) is 13.7. The topological polar surface area (TPSA) is 45.5 Å². The largest absolute Gasteiger partial charge is 0.459 e. The lowest BCUT2D eigenvalue weighted by Gasteiger charge is -2.29. The molecule has 0 aliphatic carbocycles. The summed E-state index contributed by atoms with van der Waals surface area (Å²) in [7, 11) is 0. The van der Waals surface area contributed by atoms with Gasteiger partial charge in [-0.25, -0.2) is 4.39 Å². The lowest BCUT2D eigenvalue weighted by Crippen LogP contribution is -2.29. The van der Waals surface area contributed by atoms with Crippen molar-refractivity contribution in [3.05, 3.63) is 48.2 Å². The Morgan fingerprint density at radius 2 is 2.00 bits per heavy atom. The van der Waals surface area contributed by atoms with E-state index >= 15 is 0 Å². The van der Waals surface area contributed by atoms with E-state index in [1.807, 2.05) is 0 Å². The third-order valence-corrected chi connectivity index (χ3v) is 3.66. The normalized spacial score (nSPS) is 15.0. The maximum Gasteiger partial charge on any atom is 0.291 e. The average Bonchev–Trinajstić information content (AvgIpc) is 3.05. The van der Waals surface area contributed by atoms with Crippen molar-refractivity contribution < 1.29 is 13.6 Å². The summed E-state index contributed by atoms with van der Waals surface area (Å²) in [6.45, 7) is 1.94. The Hall–Kier alpha value is -2.30. The Balaban J connectivity index is 1.79. The van der Waals surface area contributed by atoms with Crippen molar-refractivity contribution in [1.29, 1.82) is 0 Å². The van der Waals surface area contributed by atoms with E-state index in [0.717, 1.165) is 31.6 Å². The quantitative estimate of drug-likeness (QED) is 0.937. The first-order valence-corrected chi connectivity index (χ1v) is 7.13. The molecule has 1 aliphatic rings. The summed E-state index contributed by atoms with van der Waals surface area (Å²) in [6.07, 6.45) is 4.94. The second-order valence-corrected chi connectivity index (χ2v) is 5.14. The minimum atomic E-state index is -0.449. The lowest BCUT2D eigenvalue weighted by molar-refractivity contribution is 0.0996. The SMILES string of the molecule is O=C(Nc1cc(N2CCCCC2)ccc1F)c1ccco1. The number of carbonyl (C=O) groups excluding carboxylic acids is 1. The van der Waals surface area contributed by atoms with Crippen LogP contribution < -0.4 is 10.2 Å². The number of nitrogens with one attached hydrogen (secondary N) is 1. The maximum absolute atomic E-state index is 13.9. The van der Waals surface area contributed by atoms with Gasteiger partial charge in [-0.15, -0.1) is 0 Å². The van der Waals surface area contributed by atoms with Gasteiger partial charge < -0.3 is 14.6 Å². The van der Waals surface area contributed by atoms with Gasteiger partial charge >= 0.3 is 0 Å². The Bertz CT molecular complexity index is 619. The molecule has 1 amide bonds. The van der Waals surface area contributed by atoms with E-state index in [0.29, 0.717) is 0 Å². The number of carbonyl (C=O) groups is 1. The van der Waals surface area contributed by atoms with Crippen molar-refractivity contribution in [3.63, 3.8) is 0 Å². The summed E-state index contributed by atoms with van der Waals surface area (Å²) in [4.78, 5) is 14.1.